The number of benzene rings is 1. The number of allylic oxidation sites excluding steroid dienone is 1. The lowest BCUT2D eigenvalue weighted by molar-refractivity contribution is -0.116. The zero-order valence-corrected chi connectivity index (χ0v) is 12.1. The Labute approximate surface area is 119 Å². The van der Waals surface area contributed by atoms with E-state index in [1.165, 1.54) is 0 Å². The number of alkyl halides is 1. The molecule has 2 rings (SSSR count). The number of halogens is 1. The van der Waals surface area contributed by atoms with Crippen LogP contribution in [0, 0.1) is 5.92 Å². The Morgan fingerprint density at radius 3 is 2.58 bits per heavy atom. The second-order valence-corrected chi connectivity index (χ2v) is 5.41. The van der Waals surface area contributed by atoms with Crippen LogP contribution in [0.15, 0.2) is 29.8 Å². The van der Waals surface area contributed by atoms with Crippen molar-refractivity contribution in [1.82, 2.24) is 0 Å². The van der Waals surface area contributed by atoms with Crippen LogP contribution in [-0.2, 0) is 4.79 Å². The van der Waals surface area contributed by atoms with Crippen LogP contribution < -0.4 is 4.74 Å². The number of methoxy groups -OCH3 is 1. The molecule has 0 aliphatic heterocycles. The summed E-state index contributed by atoms with van der Waals surface area (Å²) >= 11 is 6.09. The second kappa shape index (κ2) is 6.25. The maximum atomic E-state index is 12.2. The molecule has 0 N–H and O–H groups in total. The van der Waals surface area contributed by atoms with Crippen LogP contribution in [0.25, 0.3) is 6.08 Å². The molecule has 1 aromatic carbocycles. The Balaban J connectivity index is 2.29. The molecule has 1 fully saturated rings. The zero-order valence-electron chi connectivity index (χ0n) is 11.4. The molecule has 0 amide bonds. The molecule has 19 heavy (non-hydrogen) atoms. The quantitative estimate of drug-likeness (QED) is 0.615. The lowest BCUT2D eigenvalue weighted by Gasteiger charge is -2.26. The monoisotopic (exact) mass is 278 g/mol. The van der Waals surface area contributed by atoms with Gasteiger partial charge < -0.3 is 4.74 Å². The molecule has 0 aromatic heterocycles. The summed E-state index contributed by atoms with van der Waals surface area (Å²) in [6.45, 7) is 2.12. The number of ketones is 1. The van der Waals surface area contributed by atoms with Gasteiger partial charge in [-0.15, -0.1) is 11.6 Å². The number of hydrogen-bond acceptors (Lipinski definition) is 2. The zero-order chi connectivity index (χ0) is 13.8. The summed E-state index contributed by atoms with van der Waals surface area (Å²) in [5.41, 5.74) is 1.90. The number of ether oxygens (including phenoxy) is 1. The number of hydrogen-bond donors (Lipinski definition) is 0. The van der Waals surface area contributed by atoms with E-state index in [9.17, 15) is 4.79 Å². The standard InChI is InChI=1S/C16H19ClO2/c1-3-12-6-9-15(17)16(18)14(12)10-11-4-7-13(19-2)8-5-11/h4-5,7-8,10,12,15H,3,6,9H2,1-2H3. The molecule has 102 valence electrons. The van der Waals surface area contributed by atoms with Gasteiger partial charge in [-0.05, 0) is 49.0 Å². The molecule has 2 atom stereocenters. The summed E-state index contributed by atoms with van der Waals surface area (Å²) in [6, 6.07) is 7.73. The predicted octanol–water partition coefficient (Wildman–Crippen LogP) is 4.08. The first kappa shape index (κ1) is 14.1. The SMILES string of the molecule is CCC1CCC(Cl)C(=O)C1=Cc1ccc(OC)cc1. The van der Waals surface area contributed by atoms with Gasteiger partial charge in [0.2, 0.25) is 0 Å². The minimum Gasteiger partial charge on any atom is -0.497 e. The highest BCUT2D eigenvalue weighted by molar-refractivity contribution is 6.34. The van der Waals surface area contributed by atoms with E-state index in [2.05, 4.69) is 6.92 Å². The van der Waals surface area contributed by atoms with Gasteiger partial charge in [-0.1, -0.05) is 19.1 Å². The summed E-state index contributed by atoms with van der Waals surface area (Å²) in [7, 11) is 1.64. The predicted molar refractivity (Wildman–Crippen MR) is 78.6 cm³/mol. The molecular formula is C16H19ClO2. The first-order chi connectivity index (χ1) is 9.15. The lowest BCUT2D eigenvalue weighted by Crippen LogP contribution is -2.28. The molecule has 0 saturated heterocycles. The van der Waals surface area contributed by atoms with Crippen molar-refractivity contribution >= 4 is 23.5 Å². The van der Waals surface area contributed by atoms with Gasteiger partial charge in [0.05, 0.1) is 12.5 Å². The molecule has 1 aliphatic carbocycles. The fraction of sp³-hybridized carbons (Fsp3) is 0.438. The Morgan fingerprint density at radius 2 is 2.00 bits per heavy atom. The molecule has 2 nitrogen and oxygen atoms in total. The van der Waals surface area contributed by atoms with Gasteiger partial charge in [-0.3, -0.25) is 4.79 Å². The fourth-order valence-electron chi connectivity index (χ4n) is 2.51. The highest BCUT2D eigenvalue weighted by atomic mass is 35.5. The van der Waals surface area contributed by atoms with Crippen molar-refractivity contribution in [3.05, 3.63) is 35.4 Å². The van der Waals surface area contributed by atoms with E-state index in [1.54, 1.807) is 7.11 Å². The van der Waals surface area contributed by atoms with Gasteiger partial charge >= 0.3 is 0 Å². The van der Waals surface area contributed by atoms with E-state index in [1.807, 2.05) is 30.3 Å². The number of Topliss-reactive ketones (excluding diaryl/α,β-unsaturated/α-hetero) is 1. The van der Waals surface area contributed by atoms with Crippen LogP contribution in [0.3, 0.4) is 0 Å². The van der Waals surface area contributed by atoms with Crippen molar-refractivity contribution in [3.63, 3.8) is 0 Å². The summed E-state index contributed by atoms with van der Waals surface area (Å²) in [4.78, 5) is 12.2. The average molecular weight is 279 g/mol. The molecule has 0 spiro atoms. The Bertz CT molecular complexity index is 476. The maximum Gasteiger partial charge on any atom is 0.176 e. The third-order valence-corrected chi connectivity index (χ3v) is 4.12. The van der Waals surface area contributed by atoms with Crippen LogP contribution in [-0.4, -0.2) is 18.3 Å². The molecule has 2 unspecified atom stereocenters. The topological polar surface area (TPSA) is 26.3 Å². The largest absolute Gasteiger partial charge is 0.497 e. The molecule has 1 saturated carbocycles. The summed E-state index contributed by atoms with van der Waals surface area (Å²) in [5, 5.41) is -0.354. The highest BCUT2D eigenvalue weighted by Crippen LogP contribution is 2.33. The van der Waals surface area contributed by atoms with E-state index >= 15 is 0 Å². The lowest BCUT2D eigenvalue weighted by atomic mass is 9.80. The Kier molecular flexibility index (Phi) is 4.65. The number of rotatable bonds is 3. The van der Waals surface area contributed by atoms with Gasteiger partial charge in [0, 0.05) is 5.57 Å². The van der Waals surface area contributed by atoms with E-state index in [0.717, 1.165) is 36.1 Å². The third kappa shape index (κ3) is 3.19. The molecule has 0 bridgehead atoms. The van der Waals surface area contributed by atoms with Gasteiger partial charge in [-0.2, -0.15) is 0 Å². The smallest absolute Gasteiger partial charge is 0.176 e. The summed E-state index contributed by atoms with van der Waals surface area (Å²) in [5.74, 6) is 1.25. The fourth-order valence-corrected chi connectivity index (χ4v) is 2.76. The molecule has 1 aromatic rings. The molecular weight excluding hydrogens is 260 g/mol. The maximum absolute atomic E-state index is 12.2. The van der Waals surface area contributed by atoms with Crippen molar-refractivity contribution in [2.75, 3.05) is 7.11 Å². The number of carbonyl (C=O) groups is 1. The van der Waals surface area contributed by atoms with E-state index in [4.69, 9.17) is 16.3 Å². The second-order valence-electron chi connectivity index (χ2n) is 4.89. The van der Waals surface area contributed by atoms with Crippen LogP contribution >= 0.6 is 11.6 Å². The van der Waals surface area contributed by atoms with Crippen LogP contribution in [0.2, 0.25) is 0 Å². The molecule has 1 aliphatic rings. The van der Waals surface area contributed by atoms with Crippen molar-refractivity contribution < 1.29 is 9.53 Å². The highest BCUT2D eigenvalue weighted by Gasteiger charge is 2.30. The van der Waals surface area contributed by atoms with Gasteiger partial charge in [0.25, 0.3) is 0 Å². The normalized spacial score (nSPS) is 25.6. The van der Waals surface area contributed by atoms with Crippen molar-refractivity contribution in [2.45, 2.75) is 31.6 Å². The first-order valence-corrected chi connectivity index (χ1v) is 7.13. The van der Waals surface area contributed by atoms with E-state index < -0.39 is 0 Å². The minimum absolute atomic E-state index is 0.0931. The summed E-state index contributed by atoms with van der Waals surface area (Å²) < 4.78 is 5.13. The van der Waals surface area contributed by atoms with Crippen LogP contribution in [0.4, 0.5) is 0 Å². The molecule has 0 radical (unpaired) electrons. The van der Waals surface area contributed by atoms with Gasteiger partial charge in [0.15, 0.2) is 5.78 Å². The van der Waals surface area contributed by atoms with Crippen molar-refractivity contribution in [1.29, 1.82) is 0 Å². The number of carbonyl (C=O) groups excluding carboxylic acids is 1. The Morgan fingerprint density at radius 1 is 1.32 bits per heavy atom. The minimum atomic E-state index is -0.354. The third-order valence-electron chi connectivity index (χ3n) is 3.71. The van der Waals surface area contributed by atoms with Crippen LogP contribution in [0.1, 0.15) is 31.7 Å². The average Bonchev–Trinajstić information content (AvgIpc) is 2.45. The Hall–Kier alpha value is -1.28. The van der Waals surface area contributed by atoms with Crippen LogP contribution in [0.5, 0.6) is 5.75 Å². The van der Waals surface area contributed by atoms with Crippen molar-refractivity contribution in [2.24, 2.45) is 5.92 Å². The molecule has 3 heteroatoms. The summed E-state index contributed by atoms with van der Waals surface area (Å²) in [6.07, 6.45) is 4.75. The van der Waals surface area contributed by atoms with Gasteiger partial charge in [0.1, 0.15) is 5.75 Å². The first-order valence-electron chi connectivity index (χ1n) is 6.69. The van der Waals surface area contributed by atoms with Crippen molar-refractivity contribution in [3.8, 4) is 5.75 Å². The van der Waals surface area contributed by atoms with E-state index in [-0.39, 0.29) is 11.2 Å². The van der Waals surface area contributed by atoms with Gasteiger partial charge in [-0.25, -0.2) is 0 Å². The molecule has 0 heterocycles. The van der Waals surface area contributed by atoms with E-state index in [0.29, 0.717) is 5.92 Å².